The van der Waals surface area contributed by atoms with Gasteiger partial charge in [-0.2, -0.15) is 5.10 Å². The molecule has 1 aromatic carbocycles. The monoisotopic (exact) mass is 351 g/mol. The Kier molecular flexibility index (Phi) is 6.12. The quantitative estimate of drug-likeness (QED) is 0.814. The first-order chi connectivity index (χ1) is 11.8. The van der Waals surface area contributed by atoms with Gasteiger partial charge in [-0.05, 0) is 31.9 Å². The summed E-state index contributed by atoms with van der Waals surface area (Å²) in [4.78, 5) is 12.3. The molecule has 0 fully saturated rings. The van der Waals surface area contributed by atoms with Gasteiger partial charge in [-0.3, -0.25) is 9.48 Å². The second-order valence-corrected chi connectivity index (χ2v) is 6.41. The number of carbonyl (C=O) groups is 1. The van der Waals surface area contributed by atoms with Crippen molar-refractivity contribution in [1.29, 1.82) is 0 Å². The van der Waals surface area contributed by atoms with Crippen LogP contribution in [0.15, 0.2) is 30.5 Å². The number of carbonyl (C=O) groups excluding carboxylic acids is 1. The summed E-state index contributed by atoms with van der Waals surface area (Å²) in [6.07, 6.45) is -2.17. The lowest BCUT2D eigenvalue weighted by molar-refractivity contribution is -0.122. The third-order valence-corrected chi connectivity index (χ3v) is 3.51. The summed E-state index contributed by atoms with van der Waals surface area (Å²) in [5, 5.41) is 6.36. The average Bonchev–Trinajstić information content (AvgIpc) is 2.91. The number of ether oxygens (including phenoxy) is 1. The third-order valence-electron chi connectivity index (χ3n) is 3.51. The fourth-order valence-corrected chi connectivity index (χ4v) is 2.27. The van der Waals surface area contributed by atoms with Crippen LogP contribution < -0.4 is 10.1 Å². The Balaban J connectivity index is 2.07. The predicted octanol–water partition coefficient (Wildman–Crippen LogP) is 4.19. The molecule has 1 aromatic heterocycles. The standard InChI is InChI=1S/C18H23F2N3O2/c1-11(2)9-23-10-15(16(22-23)17(19)20)21-18(24)13(4)25-14-7-5-12(3)6-8-14/h5-8,10-11,13,17H,9H2,1-4H3,(H,21,24)/t13-/m1/s1. The van der Waals surface area contributed by atoms with E-state index in [1.54, 1.807) is 19.1 Å². The van der Waals surface area contributed by atoms with E-state index < -0.39 is 24.1 Å². The van der Waals surface area contributed by atoms with E-state index in [4.69, 9.17) is 4.74 Å². The van der Waals surface area contributed by atoms with Gasteiger partial charge in [-0.25, -0.2) is 8.78 Å². The van der Waals surface area contributed by atoms with Gasteiger partial charge < -0.3 is 10.1 Å². The molecule has 1 N–H and O–H groups in total. The van der Waals surface area contributed by atoms with Crippen LogP contribution >= 0.6 is 0 Å². The zero-order valence-corrected chi connectivity index (χ0v) is 14.8. The molecule has 25 heavy (non-hydrogen) atoms. The smallest absolute Gasteiger partial charge is 0.284 e. The summed E-state index contributed by atoms with van der Waals surface area (Å²) < 4.78 is 33.3. The summed E-state index contributed by atoms with van der Waals surface area (Å²) in [5.41, 5.74) is 0.653. The number of aromatic nitrogens is 2. The van der Waals surface area contributed by atoms with Crippen molar-refractivity contribution in [1.82, 2.24) is 9.78 Å². The first-order valence-electron chi connectivity index (χ1n) is 8.16. The van der Waals surface area contributed by atoms with Crippen molar-refractivity contribution in [3.8, 4) is 5.75 Å². The van der Waals surface area contributed by atoms with Crippen molar-refractivity contribution in [2.24, 2.45) is 5.92 Å². The molecule has 7 heteroatoms. The van der Waals surface area contributed by atoms with Gasteiger partial charge in [0.15, 0.2) is 11.8 Å². The Morgan fingerprint density at radius 2 is 1.88 bits per heavy atom. The Morgan fingerprint density at radius 3 is 2.44 bits per heavy atom. The number of amides is 1. The minimum Gasteiger partial charge on any atom is -0.481 e. The molecular weight excluding hydrogens is 328 g/mol. The molecule has 0 saturated carbocycles. The second kappa shape index (κ2) is 8.09. The Morgan fingerprint density at radius 1 is 1.24 bits per heavy atom. The highest BCUT2D eigenvalue weighted by Crippen LogP contribution is 2.26. The van der Waals surface area contributed by atoms with Gasteiger partial charge in [0.2, 0.25) is 0 Å². The molecule has 5 nitrogen and oxygen atoms in total. The number of rotatable bonds is 7. The van der Waals surface area contributed by atoms with Crippen LogP contribution in [0.25, 0.3) is 0 Å². The zero-order chi connectivity index (χ0) is 18.6. The highest BCUT2D eigenvalue weighted by molar-refractivity contribution is 5.94. The Labute approximate surface area is 146 Å². The number of hydrogen-bond acceptors (Lipinski definition) is 3. The number of hydrogen-bond donors (Lipinski definition) is 1. The highest BCUT2D eigenvalue weighted by Gasteiger charge is 2.23. The maximum atomic E-state index is 13.2. The van der Waals surface area contributed by atoms with Crippen LogP contribution in [0.1, 0.15) is 38.5 Å². The summed E-state index contributed by atoms with van der Waals surface area (Å²) >= 11 is 0. The number of aryl methyl sites for hydroxylation is 1. The maximum Gasteiger partial charge on any atom is 0.284 e. The van der Waals surface area contributed by atoms with Crippen molar-refractivity contribution in [3.63, 3.8) is 0 Å². The topological polar surface area (TPSA) is 56.1 Å². The van der Waals surface area contributed by atoms with E-state index in [2.05, 4.69) is 10.4 Å². The van der Waals surface area contributed by atoms with Crippen LogP contribution in [0, 0.1) is 12.8 Å². The second-order valence-electron chi connectivity index (χ2n) is 6.41. The SMILES string of the molecule is Cc1ccc(O[C@H](C)C(=O)Nc2cn(CC(C)C)nc2C(F)F)cc1. The van der Waals surface area contributed by atoms with Crippen LogP contribution in [-0.4, -0.2) is 21.8 Å². The molecule has 1 heterocycles. The van der Waals surface area contributed by atoms with Gasteiger partial charge in [0.1, 0.15) is 5.75 Å². The largest absolute Gasteiger partial charge is 0.481 e. The number of halogens is 2. The minimum atomic E-state index is -2.77. The number of benzene rings is 1. The van der Waals surface area contributed by atoms with Crippen LogP contribution in [0.5, 0.6) is 5.75 Å². The molecule has 1 atom stereocenters. The van der Waals surface area contributed by atoms with E-state index in [1.165, 1.54) is 10.9 Å². The lowest BCUT2D eigenvalue weighted by atomic mass is 10.2. The molecule has 0 aliphatic carbocycles. The van der Waals surface area contributed by atoms with E-state index in [1.807, 2.05) is 32.9 Å². The lowest BCUT2D eigenvalue weighted by Crippen LogP contribution is -2.30. The fourth-order valence-electron chi connectivity index (χ4n) is 2.27. The van der Waals surface area contributed by atoms with E-state index >= 15 is 0 Å². The summed E-state index contributed by atoms with van der Waals surface area (Å²) in [6.45, 7) is 7.92. The predicted molar refractivity (Wildman–Crippen MR) is 91.9 cm³/mol. The average molecular weight is 351 g/mol. The van der Waals surface area contributed by atoms with Gasteiger partial charge in [0, 0.05) is 12.7 Å². The minimum absolute atomic E-state index is 0.0139. The highest BCUT2D eigenvalue weighted by atomic mass is 19.3. The van der Waals surface area contributed by atoms with Gasteiger partial charge in [0.25, 0.3) is 12.3 Å². The lowest BCUT2D eigenvalue weighted by Gasteiger charge is -2.14. The molecule has 0 aliphatic heterocycles. The number of anilines is 1. The van der Waals surface area contributed by atoms with Gasteiger partial charge in [-0.1, -0.05) is 31.5 Å². The number of nitrogens with one attached hydrogen (secondary N) is 1. The summed E-state index contributed by atoms with van der Waals surface area (Å²) in [5.74, 6) is 0.280. The van der Waals surface area contributed by atoms with Gasteiger partial charge >= 0.3 is 0 Å². The summed E-state index contributed by atoms with van der Waals surface area (Å²) in [6, 6.07) is 7.24. The first kappa shape index (κ1) is 18.9. The van der Waals surface area contributed by atoms with Gasteiger partial charge in [0.05, 0.1) is 5.69 Å². The summed E-state index contributed by atoms with van der Waals surface area (Å²) in [7, 11) is 0. The molecule has 2 rings (SSSR count). The molecule has 0 spiro atoms. The molecule has 1 amide bonds. The van der Waals surface area contributed by atoms with Crippen molar-refractivity contribution < 1.29 is 18.3 Å². The normalized spacial score (nSPS) is 12.5. The van der Waals surface area contributed by atoms with Crippen LogP contribution in [0.4, 0.5) is 14.5 Å². The molecule has 0 bridgehead atoms. The first-order valence-corrected chi connectivity index (χ1v) is 8.16. The van der Waals surface area contributed by atoms with Crippen LogP contribution in [0.3, 0.4) is 0 Å². The molecule has 0 saturated heterocycles. The molecule has 136 valence electrons. The van der Waals surface area contributed by atoms with Gasteiger partial charge in [-0.15, -0.1) is 0 Å². The molecule has 0 radical (unpaired) electrons. The molecule has 0 aliphatic rings. The Hall–Kier alpha value is -2.44. The number of nitrogens with zero attached hydrogens (tertiary/aromatic N) is 2. The van der Waals surface area contributed by atoms with Crippen molar-refractivity contribution in [2.45, 2.75) is 46.8 Å². The van der Waals surface area contributed by atoms with Crippen LogP contribution in [-0.2, 0) is 11.3 Å². The molecular formula is C18H23F2N3O2. The van der Waals surface area contributed by atoms with Crippen molar-refractivity contribution >= 4 is 11.6 Å². The van der Waals surface area contributed by atoms with Crippen LogP contribution in [0.2, 0.25) is 0 Å². The van der Waals surface area contributed by atoms with Crippen molar-refractivity contribution in [3.05, 3.63) is 41.7 Å². The zero-order valence-electron chi connectivity index (χ0n) is 14.8. The van der Waals surface area contributed by atoms with E-state index in [-0.39, 0.29) is 11.6 Å². The van der Waals surface area contributed by atoms with E-state index in [9.17, 15) is 13.6 Å². The Bertz CT molecular complexity index is 712. The van der Waals surface area contributed by atoms with E-state index in [0.29, 0.717) is 12.3 Å². The van der Waals surface area contributed by atoms with Crippen molar-refractivity contribution in [2.75, 3.05) is 5.32 Å². The molecule has 0 unspecified atom stereocenters. The number of alkyl halides is 2. The fraction of sp³-hybridized carbons (Fsp3) is 0.444. The van der Waals surface area contributed by atoms with E-state index in [0.717, 1.165) is 5.56 Å². The third kappa shape index (κ3) is 5.27. The maximum absolute atomic E-state index is 13.2. The molecule has 2 aromatic rings.